The van der Waals surface area contributed by atoms with Gasteiger partial charge in [-0.1, -0.05) is 36.4 Å². The third-order valence-corrected chi connectivity index (χ3v) is 5.12. The van der Waals surface area contributed by atoms with Crippen LogP contribution in [0.15, 0.2) is 76.1 Å². The topological polar surface area (TPSA) is 60.3 Å². The zero-order valence-electron chi connectivity index (χ0n) is 16.4. The second-order valence-corrected chi connectivity index (χ2v) is 7.75. The number of rotatable bonds is 7. The Kier molecular flexibility index (Phi) is 6.88. The molecule has 3 aromatic rings. The summed E-state index contributed by atoms with van der Waals surface area (Å²) < 4.78 is 8.23. The fourth-order valence-electron chi connectivity index (χ4n) is 2.83. The highest BCUT2D eigenvalue weighted by atomic mass is 79.9. The predicted octanol–water partition coefficient (Wildman–Crippen LogP) is 4.05. The first-order valence-electron chi connectivity index (χ1n) is 9.36. The van der Waals surface area contributed by atoms with Crippen molar-refractivity contribution >= 4 is 21.8 Å². The second kappa shape index (κ2) is 9.56. The molecule has 0 bridgehead atoms. The highest BCUT2D eigenvalue weighted by molar-refractivity contribution is 9.10. The summed E-state index contributed by atoms with van der Waals surface area (Å²) in [5, 5.41) is 2.89. The van der Waals surface area contributed by atoms with Gasteiger partial charge in [-0.05, 0) is 64.7 Å². The molecular weight excluding hydrogens is 432 g/mol. The number of halogens is 1. The Morgan fingerprint density at radius 3 is 2.52 bits per heavy atom. The number of carbonyl (C=O) groups excluding carboxylic acids is 1. The van der Waals surface area contributed by atoms with Gasteiger partial charge in [-0.3, -0.25) is 9.59 Å². The van der Waals surface area contributed by atoms with Gasteiger partial charge < -0.3 is 14.6 Å². The molecule has 0 aliphatic carbocycles. The number of benzene rings is 2. The Morgan fingerprint density at radius 2 is 1.83 bits per heavy atom. The summed E-state index contributed by atoms with van der Waals surface area (Å²) in [6, 6.07) is 18.7. The highest BCUT2D eigenvalue weighted by Gasteiger charge is 2.15. The van der Waals surface area contributed by atoms with Crippen molar-refractivity contribution in [2.75, 3.05) is 0 Å². The molecule has 0 aliphatic heterocycles. The van der Waals surface area contributed by atoms with Crippen molar-refractivity contribution in [2.45, 2.75) is 33.0 Å². The molecule has 2 aromatic carbocycles. The second-order valence-electron chi connectivity index (χ2n) is 6.90. The lowest BCUT2D eigenvalue weighted by Crippen LogP contribution is -2.36. The molecule has 0 spiro atoms. The first kappa shape index (κ1) is 20.9. The number of nitrogens with one attached hydrogen (secondary N) is 1. The van der Waals surface area contributed by atoms with Crippen molar-refractivity contribution in [1.82, 2.24) is 9.88 Å². The maximum atomic E-state index is 12.4. The number of ether oxygens (including phenoxy) is 1. The van der Waals surface area contributed by atoms with Crippen LogP contribution in [0.5, 0.6) is 5.75 Å². The molecule has 150 valence electrons. The Hall–Kier alpha value is -2.86. The van der Waals surface area contributed by atoms with Crippen LogP contribution in [0.2, 0.25) is 0 Å². The van der Waals surface area contributed by atoms with E-state index < -0.39 is 6.10 Å². The number of pyridine rings is 1. The Bertz CT molecular complexity index is 1040. The van der Waals surface area contributed by atoms with E-state index in [4.69, 9.17) is 4.74 Å². The summed E-state index contributed by atoms with van der Waals surface area (Å²) in [5.74, 6) is 0.455. The molecule has 0 aliphatic rings. The minimum Gasteiger partial charge on any atom is -0.480 e. The van der Waals surface area contributed by atoms with Gasteiger partial charge in [-0.25, -0.2) is 0 Å². The lowest BCUT2D eigenvalue weighted by molar-refractivity contribution is -0.127. The maximum Gasteiger partial charge on any atom is 0.261 e. The Balaban J connectivity index is 1.53. The Labute approximate surface area is 178 Å². The van der Waals surface area contributed by atoms with Crippen LogP contribution in [-0.2, 0) is 17.9 Å². The third-order valence-electron chi connectivity index (χ3n) is 4.50. The zero-order valence-corrected chi connectivity index (χ0v) is 18.0. The SMILES string of the molecule is Cc1ccc(OC(C)C(=O)NCc2ccc(Cn3ccccc3=O)cc2)c(Br)c1. The fourth-order valence-corrected chi connectivity index (χ4v) is 3.42. The van der Waals surface area contributed by atoms with Crippen molar-refractivity contribution in [3.8, 4) is 5.75 Å². The Morgan fingerprint density at radius 1 is 1.10 bits per heavy atom. The van der Waals surface area contributed by atoms with Gasteiger partial charge in [-0.2, -0.15) is 0 Å². The van der Waals surface area contributed by atoms with Crippen LogP contribution < -0.4 is 15.6 Å². The number of hydrogen-bond donors (Lipinski definition) is 1. The van der Waals surface area contributed by atoms with Crippen molar-refractivity contribution in [2.24, 2.45) is 0 Å². The molecule has 0 saturated carbocycles. The lowest BCUT2D eigenvalue weighted by atomic mass is 10.1. The number of aromatic nitrogens is 1. The van der Waals surface area contributed by atoms with E-state index in [9.17, 15) is 9.59 Å². The van der Waals surface area contributed by atoms with Crippen LogP contribution in [0.3, 0.4) is 0 Å². The molecule has 3 rings (SSSR count). The number of hydrogen-bond acceptors (Lipinski definition) is 3. The van der Waals surface area contributed by atoms with Gasteiger partial charge in [0.05, 0.1) is 11.0 Å². The lowest BCUT2D eigenvalue weighted by Gasteiger charge is -2.16. The molecule has 1 N–H and O–H groups in total. The molecule has 1 atom stereocenters. The highest BCUT2D eigenvalue weighted by Crippen LogP contribution is 2.26. The van der Waals surface area contributed by atoms with Crippen LogP contribution in [0.25, 0.3) is 0 Å². The molecule has 1 aromatic heterocycles. The van der Waals surface area contributed by atoms with Crippen LogP contribution in [0.1, 0.15) is 23.6 Å². The van der Waals surface area contributed by atoms with Gasteiger partial charge in [0, 0.05) is 18.8 Å². The van der Waals surface area contributed by atoms with Crippen LogP contribution >= 0.6 is 15.9 Å². The summed E-state index contributed by atoms with van der Waals surface area (Å²) in [6.07, 6.45) is 1.16. The molecule has 0 fully saturated rings. The third kappa shape index (κ3) is 5.81. The van der Waals surface area contributed by atoms with Crippen molar-refractivity contribution < 1.29 is 9.53 Å². The van der Waals surface area contributed by atoms with Gasteiger partial charge in [0.1, 0.15) is 5.75 Å². The van der Waals surface area contributed by atoms with Crippen LogP contribution in [-0.4, -0.2) is 16.6 Å². The maximum absolute atomic E-state index is 12.4. The minimum atomic E-state index is -0.613. The molecule has 0 saturated heterocycles. The van der Waals surface area contributed by atoms with E-state index in [1.54, 1.807) is 29.8 Å². The van der Waals surface area contributed by atoms with Gasteiger partial charge in [0.2, 0.25) is 0 Å². The first-order chi connectivity index (χ1) is 13.9. The molecule has 5 nitrogen and oxygen atoms in total. The zero-order chi connectivity index (χ0) is 20.8. The van der Waals surface area contributed by atoms with Crippen molar-refractivity contribution in [3.63, 3.8) is 0 Å². The molecule has 1 heterocycles. The fraction of sp³-hybridized carbons (Fsp3) is 0.217. The summed E-state index contributed by atoms with van der Waals surface area (Å²) in [6.45, 7) is 4.65. The molecular formula is C23H23BrN2O3. The molecule has 6 heteroatoms. The molecule has 0 radical (unpaired) electrons. The van der Waals surface area contributed by atoms with E-state index in [0.29, 0.717) is 18.8 Å². The standard InChI is InChI=1S/C23H23BrN2O3/c1-16-6-11-21(20(24)13-16)29-17(2)23(28)25-14-18-7-9-19(10-8-18)15-26-12-4-3-5-22(26)27/h3-13,17H,14-15H2,1-2H3,(H,25,28). The van der Waals surface area contributed by atoms with Gasteiger partial charge in [0.15, 0.2) is 6.10 Å². The van der Waals surface area contributed by atoms with E-state index in [1.807, 2.05) is 55.5 Å². The van der Waals surface area contributed by atoms with E-state index >= 15 is 0 Å². The average molecular weight is 455 g/mol. The van der Waals surface area contributed by atoms with E-state index in [-0.39, 0.29) is 11.5 Å². The van der Waals surface area contributed by atoms with Crippen molar-refractivity contribution in [1.29, 1.82) is 0 Å². The predicted molar refractivity (Wildman–Crippen MR) is 117 cm³/mol. The quantitative estimate of drug-likeness (QED) is 0.585. The number of aryl methyl sites for hydroxylation is 1. The van der Waals surface area contributed by atoms with Gasteiger partial charge in [-0.15, -0.1) is 0 Å². The first-order valence-corrected chi connectivity index (χ1v) is 10.2. The summed E-state index contributed by atoms with van der Waals surface area (Å²) in [7, 11) is 0. The smallest absolute Gasteiger partial charge is 0.261 e. The van der Waals surface area contributed by atoms with Gasteiger partial charge in [0.25, 0.3) is 11.5 Å². The number of amides is 1. The molecule has 1 unspecified atom stereocenters. The monoisotopic (exact) mass is 454 g/mol. The average Bonchev–Trinajstić information content (AvgIpc) is 2.71. The largest absolute Gasteiger partial charge is 0.480 e. The minimum absolute atomic E-state index is 0.0296. The van der Waals surface area contributed by atoms with Crippen LogP contribution in [0.4, 0.5) is 0 Å². The van der Waals surface area contributed by atoms with E-state index in [0.717, 1.165) is 21.2 Å². The molecule has 29 heavy (non-hydrogen) atoms. The van der Waals surface area contributed by atoms with Gasteiger partial charge >= 0.3 is 0 Å². The molecule has 1 amide bonds. The normalized spacial score (nSPS) is 11.7. The number of nitrogens with zero attached hydrogens (tertiary/aromatic N) is 1. The van der Waals surface area contributed by atoms with Crippen molar-refractivity contribution in [3.05, 3.63) is 98.4 Å². The van der Waals surface area contributed by atoms with E-state index in [1.165, 1.54) is 0 Å². The number of carbonyl (C=O) groups is 1. The van der Waals surface area contributed by atoms with Crippen LogP contribution in [0, 0.1) is 6.92 Å². The summed E-state index contributed by atoms with van der Waals surface area (Å²) >= 11 is 3.46. The summed E-state index contributed by atoms with van der Waals surface area (Å²) in [5.41, 5.74) is 3.08. The van der Waals surface area contributed by atoms with E-state index in [2.05, 4.69) is 21.2 Å². The summed E-state index contributed by atoms with van der Waals surface area (Å²) in [4.78, 5) is 24.2.